The molecular weight excluding hydrogens is 248 g/mol. The number of aryl methyl sites for hydroxylation is 1. The van der Waals surface area contributed by atoms with Crippen LogP contribution in [-0.2, 0) is 7.05 Å². The van der Waals surface area contributed by atoms with E-state index in [0.29, 0.717) is 0 Å². The summed E-state index contributed by atoms with van der Waals surface area (Å²) in [5.41, 5.74) is 1.04. The minimum atomic E-state index is 0.818. The average Bonchev–Trinajstić information content (AvgIpc) is 2.76. The number of anilines is 1. The van der Waals surface area contributed by atoms with Crippen molar-refractivity contribution < 1.29 is 0 Å². The zero-order chi connectivity index (χ0) is 13.0. The van der Waals surface area contributed by atoms with E-state index < -0.39 is 0 Å². The van der Waals surface area contributed by atoms with Crippen LogP contribution in [0.3, 0.4) is 0 Å². The average molecular weight is 264 g/mol. The molecule has 1 N–H and O–H groups in total. The van der Waals surface area contributed by atoms with E-state index >= 15 is 0 Å². The molecule has 6 nitrogen and oxygen atoms in total. The highest BCUT2D eigenvalue weighted by atomic mass is 32.2. The summed E-state index contributed by atoms with van der Waals surface area (Å²) in [6.07, 6.45) is 4.31. The van der Waals surface area contributed by atoms with Crippen molar-refractivity contribution in [3.05, 3.63) is 18.2 Å². The van der Waals surface area contributed by atoms with E-state index in [-0.39, 0.29) is 0 Å². The summed E-state index contributed by atoms with van der Waals surface area (Å²) in [5, 5.41) is 12.9. The molecule has 7 heteroatoms. The highest BCUT2D eigenvalue weighted by molar-refractivity contribution is 7.99. The standard InChI is InChI=1S/C11H16N6S/c1-4-5-12-9-8(2)10(14-6-13-9)18-11-16-15-7-17(11)3/h6-7H,4-5H2,1-3H3,(H,12,13,14). The van der Waals surface area contributed by atoms with Crippen LogP contribution in [0.5, 0.6) is 0 Å². The molecule has 2 rings (SSSR count). The van der Waals surface area contributed by atoms with Crippen LogP contribution in [-0.4, -0.2) is 31.3 Å². The molecule has 0 aliphatic carbocycles. The molecule has 2 aromatic heterocycles. The zero-order valence-electron chi connectivity index (χ0n) is 10.7. The van der Waals surface area contributed by atoms with Crippen LogP contribution < -0.4 is 5.32 Å². The Morgan fingerprint density at radius 1 is 1.39 bits per heavy atom. The van der Waals surface area contributed by atoms with Gasteiger partial charge >= 0.3 is 0 Å². The van der Waals surface area contributed by atoms with Crippen molar-refractivity contribution >= 4 is 17.6 Å². The lowest BCUT2D eigenvalue weighted by molar-refractivity contribution is 0.786. The van der Waals surface area contributed by atoms with E-state index in [0.717, 1.165) is 34.5 Å². The minimum Gasteiger partial charge on any atom is -0.370 e. The zero-order valence-corrected chi connectivity index (χ0v) is 11.5. The smallest absolute Gasteiger partial charge is 0.197 e. The number of aromatic nitrogens is 5. The number of hydrogen-bond acceptors (Lipinski definition) is 6. The Hall–Kier alpha value is -1.63. The predicted octanol–water partition coefficient (Wildman–Crippen LogP) is 1.89. The van der Waals surface area contributed by atoms with Gasteiger partial charge in [0.2, 0.25) is 0 Å². The molecule has 0 bridgehead atoms. The van der Waals surface area contributed by atoms with Gasteiger partial charge in [-0.3, -0.25) is 0 Å². The quantitative estimate of drug-likeness (QED) is 0.832. The summed E-state index contributed by atoms with van der Waals surface area (Å²) in [4.78, 5) is 8.54. The van der Waals surface area contributed by atoms with Gasteiger partial charge < -0.3 is 9.88 Å². The van der Waals surface area contributed by atoms with Crippen molar-refractivity contribution in [3.8, 4) is 0 Å². The third-order valence-corrected chi connectivity index (χ3v) is 3.60. The lowest BCUT2D eigenvalue weighted by Crippen LogP contribution is -2.05. The van der Waals surface area contributed by atoms with Gasteiger partial charge in [0.25, 0.3) is 0 Å². The molecule has 0 aliphatic rings. The molecule has 2 heterocycles. The Morgan fingerprint density at radius 2 is 2.22 bits per heavy atom. The van der Waals surface area contributed by atoms with Gasteiger partial charge in [-0.15, -0.1) is 10.2 Å². The molecular formula is C11H16N6S. The topological polar surface area (TPSA) is 68.5 Å². The van der Waals surface area contributed by atoms with Crippen molar-refractivity contribution in [1.29, 1.82) is 0 Å². The molecule has 0 atom stereocenters. The number of hydrogen-bond donors (Lipinski definition) is 1. The summed E-state index contributed by atoms with van der Waals surface area (Å²) in [6, 6.07) is 0. The van der Waals surface area contributed by atoms with E-state index in [1.807, 2.05) is 18.5 Å². The fraction of sp³-hybridized carbons (Fsp3) is 0.455. The molecule has 0 amide bonds. The van der Waals surface area contributed by atoms with Gasteiger partial charge in [0, 0.05) is 19.2 Å². The summed E-state index contributed by atoms with van der Waals surface area (Å²) in [5.74, 6) is 0.886. The van der Waals surface area contributed by atoms with E-state index in [4.69, 9.17) is 0 Å². The molecule has 0 unspecified atom stereocenters. The molecule has 0 saturated heterocycles. The molecule has 0 saturated carbocycles. The van der Waals surface area contributed by atoms with E-state index in [9.17, 15) is 0 Å². The van der Waals surface area contributed by atoms with Crippen molar-refractivity contribution in [2.24, 2.45) is 7.05 Å². The van der Waals surface area contributed by atoms with Crippen LogP contribution in [0.2, 0.25) is 0 Å². The molecule has 18 heavy (non-hydrogen) atoms. The molecule has 0 aliphatic heterocycles. The minimum absolute atomic E-state index is 0.818. The van der Waals surface area contributed by atoms with Crippen LogP contribution in [0.25, 0.3) is 0 Å². The summed E-state index contributed by atoms with van der Waals surface area (Å²) in [6.45, 7) is 5.04. The van der Waals surface area contributed by atoms with E-state index in [2.05, 4.69) is 32.4 Å². The Balaban J connectivity index is 2.21. The first-order chi connectivity index (χ1) is 8.72. The fourth-order valence-corrected chi connectivity index (χ4v) is 2.21. The lowest BCUT2D eigenvalue weighted by Gasteiger charge is -2.09. The number of rotatable bonds is 5. The number of nitrogens with zero attached hydrogens (tertiary/aromatic N) is 5. The maximum absolute atomic E-state index is 4.29. The first-order valence-electron chi connectivity index (χ1n) is 5.79. The van der Waals surface area contributed by atoms with Crippen LogP contribution in [0.1, 0.15) is 18.9 Å². The maximum atomic E-state index is 4.29. The summed E-state index contributed by atoms with van der Waals surface area (Å²) < 4.78 is 1.87. The number of nitrogens with one attached hydrogen (secondary N) is 1. The van der Waals surface area contributed by atoms with E-state index in [1.54, 1.807) is 12.7 Å². The highest BCUT2D eigenvalue weighted by Crippen LogP contribution is 2.28. The molecule has 96 valence electrons. The SMILES string of the molecule is CCCNc1ncnc(Sc2nncn2C)c1C. The van der Waals surface area contributed by atoms with Gasteiger partial charge in [0.1, 0.15) is 23.5 Å². The Labute approximate surface area is 110 Å². The molecule has 0 aromatic carbocycles. The fourth-order valence-electron chi connectivity index (χ4n) is 1.41. The second-order valence-corrected chi connectivity index (χ2v) is 4.86. The van der Waals surface area contributed by atoms with E-state index in [1.165, 1.54) is 11.8 Å². The van der Waals surface area contributed by atoms with Gasteiger partial charge in [0.05, 0.1) is 0 Å². The third-order valence-electron chi connectivity index (χ3n) is 2.44. The van der Waals surface area contributed by atoms with Gasteiger partial charge in [-0.2, -0.15) is 0 Å². The lowest BCUT2D eigenvalue weighted by atomic mass is 10.3. The van der Waals surface area contributed by atoms with Crippen LogP contribution in [0.15, 0.2) is 22.8 Å². The Bertz CT molecular complexity index is 524. The second kappa shape index (κ2) is 5.81. The second-order valence-electron chi connectivity index (χ2n) is 3.91. The Kier molecular flexibility index (Phi) is 4.14. The van der Waals surface area contributed by atoms with Gasteiger partial charge in [0.15, 0.2) is 5.16 Å². The molecule has 0 fully saturated rings. The monoisotopic (exact) mass is 264 g/mol. The van der Waals surface area contributed by atoms with Gasteiger partial charge in [-0.1, -0.05) is 6.92 Å². The normalized spacial score (nSPS) is 10.6. The van der Waals surface area contributed by atoms with Gasteiger partial charge in [-0.25, -0.2) is 9.97 Å². The van der Waals surface area contributed by atoms with Crippen LogP contribution >= 0.6 is 11.8 Å². The van der Waals surface area contributed by atoms with Gasteiger partial charge in [-0.05, 0) is 25.1 Å². The third kappa shape index (κ3) is 2.79. The first-order valence-corrected chi connectivity index (χ1v) is 6.61. The highest BCUT2D eigenvalue weighted by Gasteiger charge is 2.11. The predicted molar refractivity (Wildman–Crippen MR) is 70.7 cm³/mol. The molecule has 0 spiro atoms. The molecule has 2 aromatic rings. The summed E-state index contributed by atoms with van der Waals surface area (Å²) in [7, 11) is 1.91. The van der Waals surface area contributed by atoms with Crippen LogP contribution in [0.4, 0.5) is 5.82 Å². The van der Waals surface area contributed by atoms with Crippen molar-refractivity contribution in [2.45, 2.75) is 30.5 Å². The first kappa shape index (κ1) is 12.8. The van der Waals surface area contributed by atoms with Crippen molar-refractivity contribution in [2.75, 3.05) is 11.9 Å². The molecule has 0 radical (unpaired) electrons. The van der Waals surface area contributed by atoms with Crippen molar-refractivity contribution in [3.63, 3.8) is 0 Å². The largest absolute Gasteiger partial charge is 0.370 e. The Morgan fingerprint density at radius 3 is 2.89 bits per heavy atom. The van der Waals surface area contributed by atoms with Crippen LogP contribution in [0, 0.1) is 6.92 Å². The maximum Gasteiger partial charge on any atom is 0.197 e. The summed E-state index contributed by atoms with van der Waals surface area (Å²) >= 11 is 1.49. The van der Waals surface area contributed by atoms with Crippen molar-refractivity contribution in [1.82, 2.24) is 24.7 Å².